The van der Waals surface area contributed by atoms with E-state index in [1.165, 1.54) is 116 Å². The van der Waals surface area contributed by atoms with Crippen molar-refractivity contribution in [1.82, 2.24) is 5.06 Å². The van der Waals surface area contributed by atoms with Crippen LogP contribution in [0.5, 0.6) is 0 Å². The zero-order valence-electron chi connectivity index (χ0n) is 17.9. The van der Waals surface area contributed by atoms with Crippen LogP contribution >= 0.6 is 0 Å². The summed E-state index contributed by atoms with van der Waals surface area (Å²) in [4.78, 5) is 0. The summed E-state index contributed by atoms with van der Waals surface area (Å²) in [6.45, 7) is 7.38. The van der Waals surface area contributed by atoms with E-state index in [9.17, 15) is 5.21 Å². The summed E-state index contributed by atoms with van der Waals surface area (Å²) in [7, 11) is 0. The minimum Gasteiger partial charge on any atom is -0.314 e. The van der Waals surface area contributed by atoms with E-state index >= 15 is 0 Å². The van der Waals surface area contributed by atoms with Gasteiger partial charge in [0, 0.05) is 12.6 Å². The quantitative estimate of drug-likeness (QED) is 0.176. The Bertz CT molecular complexity index is 224. The molecule has 0 spiro atoms. The first-order chi connectivity index (χ1) is 12.3. The summed E-state index contributed by atoms with van der Waals surface area (Å²) >= 11 is 0. The van der Waals surface area contributed by atoms with Crippen LogP contribution in [0.25, 0.3) is 0 Å². The maximum atomic E-state index is 10.2. The summed E-state index contributed by atoms with van der Waals surface area (Å²) in [5.41, 5.74) is 0. The van der Waals surface area contributed by atoms with Crippen LogP contribution in [0.4, 0.5) is 0 Å². The lowest BCUT2D eigenvalue weighted by molar-refractivity contribution is -0.127. The Labute approximate surface area is 159 Å². The SMILES string of the molecule is CCCCCCCCCCC(CCCCCCCCCC)N(O)CC. The second-order valence-corrected chi connectivity index (χ2v) is 7.94. The molecule has 0 rings (SSSR count). The highest BCUT2D eigenvalue weighted by Crippen LogP contribution is 2.18. The van der Waals surface area contributed by atoms with Crippen molar-refractivity contribution in [2.75, 3.05) is 6.54 Å². The van der Waals surface area contributed by atoms with Crippen molar-refractivity contribution in [3.63, 3.8) is 0 Å². The Morgan fingerprint density at radius 1 is 0.520 bits per heavy atom. The smallest absolute Gasteiger partial charge is 0.0350 e. The third kappa shape index (κ3) is 17.1. The van der Waals surface area contributed by atoms with Gasteiger partial charge in [0.25, 0.3) is 0 Å². The zero-order chi connectivity index (χ0) is 18.6. The molecule has 0 saturated heterocycles. The maximum absolute atomic E-state index is 10.2. The molecule has 1 N–H and O–H groups in total. The lowest BCUT2D eigenvalue weighted by Crippen LogP contribution is -2.32. The maximum Gasteiger partial charge on any atom is 0.0350 e. The molecule has 152 valence electrons. The average molecular weight is 356 g/mol. The van der Waals surface area contributed by atoms with E-state index in [0.717, 1.165) is 6.54 Å². The Kier molecular flexibility index (Phi) is 20.2. The Morgan fingerprint density at radius 2 is 0.840 bits per heavy atom. The molecule has 0 amide bonds. The van der Waals surface area contributed by atoms with E-state index < -0.39 is 0 Å². The standard InChI is InChI=1S/C23H49NO/c1-4-7-9-11-13-15-17-19-21-23(24(25)6-3)22-20-18-16-14-12-10-8-5-2/h23,25H,4-22H2,1-3H3. The number of hydroxylamine groups is 2. The molecule has 0 aliphatic heterocycles. The van der Waals surface area contributed by atoms with E-state index in [2.05, 4.69) is 20.8 Å². The third-order valence-electron chi connectivity index (χ3n) is 5.53. The van der Waals surface area contributed by atoms with Crippen LogP contribution < -0.4 is 0 Å². The molecule has 0 saturated carbocycles. The number of hydrogen-bond donors (Lipinski definition) is 1. The lowest BCUT2D eigenvalue weighted by Gasteiger charge is -2.25. The van der Waals surface area contributed by atoms with Gasteiger partial charge >= 0.3 is 0 Å². The molecule has 0 aliphatic carbocycles. The summed E-state index contributed by atoms with van der Waals surface area (Å²) in [6, 6.07) is 0.394. The molecule has 0 aromatic carbocycles. The molecule has 0 radical (unpaired) electrons. The number of rotatable bonds is 20. The molecule has 0 aromatic heterocycles. The molecule has 0 bridgehead atoms. The number of unbranched alkanes of at least 4 members (excludes halogenated alkanes) is 14. The van der Waals surface area contributed by atoms with Gasteiger partial charge in [0.05, 0.1) is 0 Å². The fraction of sp³-hybridized carbons (Fsp3) is 1.00. The van der Waals surface area contributed by atoms with E-state index in [1.807, 2.05) is 0 Å². The largest absolute Gasteiger partial charge is 0.314 e. The van der Waals surface area contributed by atoms with Crippen LogP contribution in [0.2, 0.25) is 0 Å². The molecular formula is C23H49NO. The first-order valence-corrected chi connectivity index (χ1v) is 11.7. The van der Waals surface area contributed by atoms with Gasteiger partial charge in [0.2, 0.25) is 0 Å². The second kappa shape index (κ2) is 20.2. The van der Waals surface area contributed by atoms with Gasteiger partial charge in [-0.2, -0.15) is 5.06 Å². The first kappa shape index (κ1) is 24.9. The molecule has 0 atom stereocenters. The van der Waals surface area contributed by atoms with Gasteiger partial charge < -0.3 is 5.21 Å². The average Bonchev–Trinajstić information content (AvgIpc) is 2.63. The summed E-state index contributed by atoms with van der Waals surface area (Å²) in [5, 5.41) is 11.8. The molecule has 2 heteroatoms. The molecule has 2 nitrogen and oxygen atoms in total. The van der Waals surface area contributed by atoms with Gasteiger partial charge in [0.15, 0.2) is 0 Å². The van der Waals surface area contributed by atoms with Crippen LogP contribution in [0.15, 0.2) is 0 Å². The van der Waals surface area contributed by atoms with Crippen LogP contribution in [0.1, 0.15) is 136 Å². The first-order valence-electron chi connectivity index (χ1n) is 11.7. The summed E-state index contributed by atoms with van der Waals surface area (Å²) in [5.74, 6) is 0. The number of nitrogens with zero attached hydrogens (tertiary/aromatic N) is 1. The summed E-state index contributed by atoms with van der Waals surface area (Å²) < 4.78 is 0. The van der Waals surface area contributed by atoms with E-state index in [0.29, 0.717) is 6.04 Å². The van der Waals surface area contributed by atoms with Crippen molar-refractivity contribution in [3.05, 3.63) is 0 Å². The fourth-order valence-corrected chi connectivity index (χ4v) is 3.73. The zero-order valence-corrected chi connectivity index (χ0v) is 17.9. The van der Waals surface area contributed by atoms with Crippen LogP contribution in [0, 0.1) is 0 Å². The highest BCUT2D eigenvalue weighted by atomic mass is 16.5. The van der Waals surface area contributed by atoms with Gasteiger partial charge in [0.1, 0.15) is 0 Å². The fourth-order valence-electron chi connectivity index (χ4n) is 3.73. The van der Waals surface area contributed by atoms with Crippen molar-refractivity contribution in [2.24, 2.45) is 0 Å². The van der Waals surface area contributed by atoms with Gasteiger partial charge in [-0.15, -0.1) is 0 Å². The van der Waals surface area contributed by atoms with Crippen molar-refractivity contribution in [2.45, 2.75) is 142 Å². The number of hydrogen-bond acceptors (Lipinski definition) is 2. The van der Waals surface area contributed by atoms with Crippen LogP contribution in [-0.4, -0.2) is 22.9 Å². The van der Waals surface area contributed by atoms with Crippen molar-refractivity contribution < 1.29 is 5.21 Å². The molecule has 0 heterocycles. The molecule has 0 unspecified atom stereocenters. The van der Waals surface area contributed by atoms with Crippen molar-refractivity contribution in [3.8, 4) is 0 Å². The predicted molar refractivity (Wildman–Crippen MR) is 112 cm³/mol. The Morgan fingerprint density at radius 3 is 1.16 bits per heavy atom. The molecular weight excluding hydrogens is 306 g/mol. The van der Waals surface area contributed by atoms with Gasteiger partial charge in [-0.3, -0.25) is 0 Å². The topological polar surface area (TPSA) is 23.5 Å². The minimum absolute atomic E-state index is 0.394. The van der Waals surface area contributed by atoms with Gasteiger partial charge in [-0.25, -0.2) is 0 Å². The molecule has 0 aliphatic rings. The molecule has 25 heavy (non-hydrogen) atoms. The second-order valence-electron chi connectivity index (χ2n) is 7.94. The summed E-state index contributed by atoms with van der Waals surface area (Å²) in [6.07, 6.45) is 24.3. The van der Waals surface area contributed by atoms with E-state index in [-0.39, 0.29) is 0 Å². The monoisotopic (exact) mass is 355 g/mol. The van der Waals surface area contributed by atoms with Crippen molar-refractivity contribution >= 4 is 0 Å². The normalized spacial score (nSPS) is 11.8. The highest BCUT2D eigenvalue weighted by molar-refractivity contribution is 4.66. The predicted octanol–water partition coefficient (Wildman–Crippen LogP) is 8.13. The lowest BCUT2D eigenvalue weighted by atomic mass is 9.99. The van der Waals surface area contributed by atoms with Gasteiger partial charge in [-0.05, 0) is 12.8 Å². The Balaban J connectivity index is 3.62. The highest BCUT2D eigenvalue weighted by Gasteiger charge is 2.14. The van der Waals surface area contributed by atoms with Crippen molar-refractivity contribution in [1.29, 1.82) is 0 Å². The minimum atomic E-state index is 0.394. The van der Waals surface area contributed by atoms with Crippen LogP contribution in [-0.2, 0) is 0 Å². The van der Waals surface area contributed by atoms with E-state index in [1.54, 1.807) is 5.06 Å². The Hall–Kier alpha value is -0.0800. The molecule has 0 fully saturated rings. The van der Waals surface area contributed by atoms with Gasteiger partial charge in [-0.1, -0.05) is 124 Å². The van der Waals surface area contributed by atoms with E-state index in [4.69, 9.17) is 0 Å². The third-order valence-corrected chi connectivity index (χ3v) is 5.53. The molecule has 0 aromatic rings. The van der Waals surface area contributed by atoms with Crippen LogP contribution in [0.3, 0.4) is 0 Å².